The molecule has 0 rings (SSSR count). The lowest BCUT2D eigenvalue weighted by Crippen LogP contribution is -2.42. The Kier molecular flexibility index (Phi) is 9.99. The zero-order valence-electron chi connectivity index (χ0n) is 11.8. The maximum Gasteiger partial charge on any atom is 0.0593 e. The molecular weight excluding hydrogens is 200 g/mol. The first-order valence-corrected chi connectivity index (χ1v) is 6.66. The molecule has 1 N–H and O–H groups in total. The molecule has 0 saturated heterocycles. The third-order valence-corrected chi connectivity index (χ3v) is 3.23. The van der Waals surface area contributed by atoms with Gasteiger partial charge in [-0.1, -0.05) is 13.8 Å². The van der Waals surface area contributed by atoms with Gasteiger partial charge in [-0.05, 0) is 33.7 Å². The molecule has 0 radical (unpaired) electrons. The van der Waals surface area contributed by atoms with Crippen molar-refractivity contribution >= 4 is 0 Å². The van der Waals surface area contributed by atoms with Gasteiger partial charge in [0.25, 0.3) is 0 Å². The molecular formula is C13H30N2O. The van der Waals surface area contributed by atoms with Crippen LogP contribution >= 0.6 is 0 Å². The van der Waals surface area contributed by atoms with Crippen LogP contribution in [0.5, 0.6) is 0 Å². The van der Waals surface area contributed by atoms with Crippen LogP contribution in [0.2, 0.25) is 0 Å². The normalized spacial score (nSPS) is 13.7. The molecule has 0 fully saturated rings. The van der Waals surface area contributed by atoms with Crippen molar-refractivity contribution in [2.75, 3.05) is 33.4 Å². The molecule has 1 unspecified atom stereocenters. The second-order valence-electron chi connectivity index (χ2n) is 4.45. The Morgan fingerprint density at radius 1 is 1.19 bits per heavy atom. The number of ether oxygens (including phenoxy) is 1. The number of likely N-dealkylation sites (N-methyl/N-ethyl adjacent to an activating group) is 1. The summed E-state index contributed by atoms with van der Waals surface area (Å²) in [5.74, 6) is 0. The average molecular weight is 230 g/mol. The zero-order valence-corrected chi connectivity index (χ0v) is 11.8. The van der Waals surface area contributed by atoms with Crippen molar-refractivity contribution in [3.63, 3.8) is 0 Å². The highest BCUT2D eigenvalue weighted by molar-refractivity contribution is 4.70. The molecule has 3 heteroatoms. The number of nitrogens with zero attached hydrogens (tertiary/aromatic N) is 1. The van der Waals surface area contributed by atoms with Gasteiger partial charge in [0.1, 0.15) is 0 Å². The van der Waals surface area contributed by atoms with E-state index in [4.69, 9.17) is 4.74 Å². The summed E-state index contributed by atoms with van der Waals surface area (Å²) >= 11 is 0. The van der Waals surface area contributed by atoms with Crippen LogP contribution in [0.1, 0.15) is 40.5 Å². The highest BCUT2D eigenvalue weighted by atomic mass is 16.5. The summed E-state index contributed by atoms with van der Waals surface area (Å²) in [6.45, 7) is 12.5. The molecule has 0 aliphatic rings. The van der Waals surface area contributed by atoms with Crippen LogP contribution in [0.3, 0.4) is 0 Å². The first kappa shape index (κ1) is 15.9. The van der Waals surface area contributed by atoms with Crippen LogP contribution in [-0.2, 0) is 4.74 Å². The molecule has 0 aromatic heterocycles. The number of hydrogen-bond acceptors (Lipinski definition) is 3. The maximum absolute atomic E-state index is 5.36. The van der Waals surface area contributed by atoms with Crippen LogP contribution in [-0.4, -0.2) is 50.3 Å². The molecule has 3 nitrogen and oxygen atoms in total. The molecule has 0 heterocycles. The highest BCUT2D eigenvalue weighted by Gasteiger charge is 2.10. The topological polar surface area (TPSA) is 24.5 Å². The minimum absolute atomic E-state index is 0.570. The second-order valence-corrected chi connectivity index (χ2v) is 4.45. The summed E-state index contributed by atoms with van der Waals surface area (Å²) < 4.78 is 5.36. The summed E-state index contributed by atoms with van der Waals surface area (Å²) in [7, 11) is 2.16. The van der Waals surface area contributed by atoms with Crippen molar-refractivity contribution < 1.29 is 4.74 Å². The molecule has 0 aliphatic heterocycles. The summed E-state index contributed by atoms with van der Waals surface area (Å²) in [5, 5.41) is 3.61. The van der Waals surface area contributed by atoms with Gasteiger partial charge in [-0.25, -0.2) is 0 Å². The van der Waals surface area contributed by atoms with E-state index in [0.717, 1.165) is 26.3 Å². The van der Waals surface area contributed by atoms with Crippen molar-refractivity contribution in [2.24, 2.45) is 0 Å². The lowest BCUT2D eigenvalue weighted by molar-refractivity contribution is 0.109. The summed E-state index contributed by atoms with van der Waals surface area (Å²) in [4.78, 5) is 2.35. The van der Waals surface area contributed by atoms with E-state index in [0.29, 0.717) is 12.1 Å². The number of rotatable bonds is 10. The van der Waals surface area contributed by atoms with Crippen LogP contribution in [0, 0.1) is 0 Å². The predicted octanol–water partition coefficient (Wildman–Crippen LogP) is 2.12. The minimum atomic E-state index is 0.570. The van der Waals surface area contributed by atoms with Crippen LogP contribution < -0.4 is 5.32 Å². The SMILES string of the molecule is CCOCCN(C)C(C)CNC(CC)CC. The van der Waals surface area contributed by atoms with Gasteiger partial charge in [-0.3, -0.25) is 0 Å². The van der Waals surface area contributed by atoms with E-state index in [1.165, 1.54) is 12.8 Å². The summed E-state index contributed by atoms with van der Waals surface area (Å²) in [6.07, 6.45) is 2.43. The molecule has 0 aromatic rings. The molecule has 16 heavy (non-hydrogen) atoms. The van der Waals surface area contributed by atoms with Crippen LogP contribution in [0.15, 0.2) is 0 Å². The van der Waals surface area contributed by atoms with Crippen molar-refractivity contribution in [3.05, 3.63) is 0 Å². The smallest absolute Gasteiger partial charge is 0.0593 e. The molecule has 1 atom stereocenters. The molecule has 0 spiro atoms. The van der Waals surface area contributed by atoms with Gasteiger partial charge in [0, 0.05) is 31.8 Å². The standard InChI is InChI=1S/C13H30N2O/c1-6-13(7-2)14-11-12(4)15(5)9-10-16-8-3/h12-14H,6-11H2,1-5H3. The van der Waals surface area contributed by atoms with E-state index in [2.05, 4.69) is 38.0 Å². The van der Waals surface area contributed by atoms with Gasteiger partial charge in [0.05, 0.1) is 6.61 Å². The van der Waals surface area contributed by atoms with E-state index in [-0.39, 0.29) is 0 Å². The van der Waals surface area contributed by atoms with Gasteiger partial charge in [-0.15, -0.1) is 0 Å². The Labute approximate surface area is 102 Å². The molecule has 0 saturated carbocycles. The fourth-order valence-corrected chi connectivity index (χ4v) is 1.64. The Bertz CT molecular complexity index is 149. The van der Waals surface area contributed by atoms with Crippen molar-refractivity contribution in [1.82, 2.24) is 10.2 Å². The minimum Gasteiger partial charge on any atom is -0.380 e. The fourth-order valence-electron chi connectivity index (χ4n) is 1.64. The maximum atomic E-state index is 5.36. The Morgan fingerprint density at radius 2 is 1.81 bits per heavy atom. The van der Waals surface area contributed by atoms with E-state index >= 15 is 0 Å². The van der Waals surface area contributed by atoms with Gasteiger partial charge in [-0.2, -0.15) is 0 Å². The van der Waals surface area contributed by atoms with Crippen molar-refractivity contribution in [1.29, 1.82) is 0 Å². The predicted molar refractivity (Wildman–Crippen MR) is 71.0 cm³/mol. The number of hydrogen-bond donors (Lipinski definition) is 1. The van der Waals surface area contributed by atoms with E-state index in [1.54, 1.807) is 0 Å². The molecule has 0 bridgehead atoms. The van der Waals surface area contributed by atoms with E-state index in [9.17, 15) is 0 Å². The first-order valence-electron chi connectivity index (χ1n) is 6.66. The number of nitrogens with one attached hydrogen (secondary N) is 1. The largest absolute Gasteiger partial charge is 0.380 e. The monoisotopic (exact) mass is 230 g/mol. The Hall–Kier alpha value is -0.120. The first-order chi connectivity index (χ1) is 7.65. The summed E-state index contributed by atoms with van der Waals surface area (Å²) in [6, 6.07) is 1.24. The lowest BCUT2D eigenvalue weighted by Gasteiger charge is -2.26. The van der Waals surface area contributed by atoms with E-state index < -0.39 is 0 Å². The van der Waals surface area contributed by atoms with Gasteiger partial charge in [0.2, 0.25) is 0 Å². The fraction of sp³-hybridized carbons (Fsp3) is 1.00. The molecule has 98 valence electrons. The zero-order chi connectivity index (χ0) is 12.4. The molecule has 0 aromatic carbocycles. The lowest BCUT2D eigenvalue weighted by atomic mass is 10.1. The van der Waals surface area contributed by atoms with Crippen LogP contribution in [0.4, 0.5) is 0 Å². The van der Waals surface area contributed by atoms with Gasteiger partial charge < -0.3 is 15.0 Å². The third-order valence-electron chi connectivity index (χ3n) is 3.23. The second kappa shape index (κ2) is 10.1. The van der Waals surface area contributed by atoms with Crippen LogP contribution in [0.25, 0.3) is 0 Å². The van der Waals surface area contributed by atoms with Gasteiger partial charge >= 0.3 is 0 Å². The van der Waals surface area contributed by atoms with Crippen molar-refractivity contribution in [3.8, 4) is 0 Å². The molecule has 0 aliphatic carbocycles. The average Bonchev–Trinajstić information content (AvgIpc) is 2.30. The summed E-state index contributed by atoms with van der Waals surface area (Å²) in [5.41, 5.74) is 0. The van der Waals surface area contributed by atoms with Crippen molar-refractivity contribution in [2.45, 2.75) is 52.6 Å². The quantitative estimate of drug-likeness (QED) is 0.582. The Balaban J connectivity index is 3.64. The highest BCUT2D eigenvalue weighted by Crippen LogP contribution is 1.99. The van der Waals surface area contributed by atoms with E-state index in [1.807, 2.05) is 6.92 Å². The molecule has 0 amide bonds. The third kappa shape index (κ3) is 7.20. The Morgan fingerprint density at radius 3 is 2.31 bits per heavy atom. The van der Waals surface area contributed by atoms with Gasteiger partial charge in [0.15, 0.2) is 0 Å².